The SMILES string of the molecule is CCn1nccc1C(=O)N1CCc2c(nc(-c3ccc(OC)cc3)[nH]c2=O)C1. The van der Waals surface area contributed by atoms with Crippen molar-refractivity contribution in [1.82, 2.24) is 24.6 Å². The predicted octanol–water partition coefficient (Wildman–Crippen LogP) is 1.86. The number of carbonyl (C=O) groups excluding carboxylic acids is 1. The van der Waals surface area contributed by atoms with Gasteiger partial charge in [-0.15, -0.1) is 0 Å². The first kappa shape index (κ1) is 18.0. The van der Waals surface area contributed by atoms with Crippen molar-refractivity contribution >= 4 is 5.91 Å². The Balaban J connectivity index is 1.64. The van der Waals surface area contributed by atoms with Gasteiger partial charge in [-0.2, -0.15) is 5.10 Å². The number of hydrogen-bond acceptors (Lipinski definition) is 5. The van der Waals surface area contributed by atoms with Crippen molar-refractivity contribution in [2.45, 2.75) is 26.4 Å². The van der Waals surface area contributed by atoms with Crippen LogP contribution < -0.4 is 10.3 Å². The summed E-state index contributed by atoms with van der Waals surface area (Å²) in [5.41, 5.74) is 2.46. The maximum Gasteiger partial charge on any atom is 0.272 e. The molecular weight excluding hydrogens is 358 g/mol. The first-order valence-corrected chi connectivity index (χ1v) is 9.18. The third kappa shape index (κ3) is 3.17. The lowest BCUT2D eigenvalue weighted by molar-refractivity contribution is 0.0718. The summed E-state index contributed by atoms with van der Waals surface area (Å²) < 4.78 is 6.84. The molecule has 0 atom stereocenters. The van der Waals surface area contributed by atoms with E-state index in [2.05, 4.69) is 15.1 Å². The molecule has 3 aromatic rings. The van der Waals surface area contributed by atoms with E-state index in [9.17, 15) is 9.59 Å². The number of benzene rings is 1. The number of amides is 1. The Kier molecular flexibility index (Phi) is 4.68. The van der Waals surface area contributed by atoms with Crippen molar-refractivity contribution < 1.29 is 9.53 Å². The molecule has 0 fully saturated rings. The van der Waals surface area contributed by atoms with E-state index in [1.807, 2.05) is 31.2 Å². The van der Waals surface area contributed by atoms with Crippen LogP contribution in [0.2, 0.25) is 0 Å². The van der Waals surface area contributed by atoms with Crippen LogP contribution in [0.25, 0.3) is 11.4 Å². The maximum absolute atomic E-state index is 12.9. The van der Waals surface area contributed by atoms with Crippen molar-refractivity contribution in [1.29, 1.82) is 0 Å². The molecule has 8 nitrogen and oxygen atoms in total. The largest absolute Gasteiger partial charge is 0.497 e. The summed E-state index contributed by atoms with van der Waals surface area (Å²) in [4.78, 5) is 34.7. The van der Waals surface area contributed by atoms with Gasteiger partial charge >= 0.3 is 0 Å². The number of fused-ring (bicyclic) bond motifs is 1. The first-order valence-electron chi connectivity index (χ1n) is 9.18. The van der Waals surface area contributed by atoms with E-state index in [-0.39, 0.29) is 11.5 Å². The van der Waals surface area contributed by atoms with Crippen LogP contribution in [0.4, 0.5) is 0 Å². The smallest absolute Gasteiger partial charge is 0.272 e. The van der Waals surface area contributed by atoms with Gasteiger partial charge in [-0.3, -0.25) is 14.3 Å². The lowest BCUT2D eigenvalue weighted by Gasteiger charge is -2.28. The molecule has 0 saturated carbocycles. The van der Waals surface area contributed by atoms with Crippen molar-refractivity contribution in [2.24, 2.45) is 0 Å². The van der Waals surface area contributed by atoms with Crippen LogP contribution in [-0.4, -0.2) is 44.2 Å². The highest BCUT2D eigenvalue weighted by Gasteiger charge is 2.27. The molecule has 1 amide bonds. The molecule has 3 heterocycles. The van der Waals surface area contributed by atoms with Crippen LogP contribution in [0.5, 0.6) is 5.75 Å². The Hall–Kier alpha value is -3.42. The number of H-pyrrole nitrogens is 1. The summed E-state index contributed by atoms with van der Waals surface area (Å²) in [5, 5.41) is 4.17. The lowest BCUT2D eigenvalue weighted by atomic mass is 10.1. The van der Waals surface area contributed by atoms with E-state index in [4.69, 9.17) is 4.74 Å². The van der Waals surface area contributed by atoms with Gasteiger partial charge in [0, 0.05) is 30.4 Å². The molecule has 1 N–H and O–H groups in total. The van der Waals surface area contributed by atoms with Gasteiger partial charge in [-0.25, -0.2) is 4.98 Å². The number of ether oxygens (including phenoxy) is 1. The number of aryl methyl sites for hydroxylation is 1. The number of rotatable bonds is 4. The zero-order valence-corrected chi connectivity index (χ0v) is 15.8. The Labute approximate surface area is 161 Å². The standard InChI is InChI=1S/C20H21N5O3/c1-3-25-17(8-10-21-25)20(27)24-11-9-15-16(12-24)22-18(23-19(15)26)13-4-6-14(28-2)7-5-13/h4-8,10H,3,9,11-12H2,1-2H3,(H,22,23,26). The maximum atomic E-state index is 12.9. The fourth-order valence-electron chi connectivity index (χ4n) is 3.43. The van der Waals surface area contributed by atoms with Crippen LogP contribution in [0.1, 0.15) is 28.7 Å². The van der Waals surface area contributed by atoms with Crippen LogP contribution in [-0.2, 0) is 19.5 Å². The molecule has 144 valence electrons. The molecule has 8 heteroatoms. The molecule has 0 spiro atoms. The van der Waals surface area contributed by atoms with Crippen LogP contribution in [0, 0.1) is 0 Å². The van der Waals surface area contributed by atoms with E-state index in [1.165, 1.54) is 0 Å². The van der Waals surface area contributed by atoms with Gasteiger partial charge < -0.3 is 14.6 Å². The molecule has 4 rings (SSSR count). The summed E-state index contributed by atoms with van der Waals surface area (Å²) >= 11 is 0. The zero-order valence-electron chi connectivity index (χ0n) is 15.8. The molecule has 0 aliphatic carbocycles. The highest BCUT2D eigenvalue weighted by atomic mass is 16.5. The Morgan fingerprint density at radius 3 is 2.75 bits per heavy atom. The number of nitrogens with one attached hydrogen (secondary N) is 1. The lowest BCUT2D eigenvalue weighted by Crippen LogP contribution is -2.40. The van der Waals surface area contributed by atoms with Crippen molar-refractivity contribution in [3.63, 3.8) is 0 Å². The Bertz CT molecular complexity index is 1070. The van der Waals surface area contributed by atoms with Gasteiger partial charge in [-0.05, 0) is 43.7 Å². The number of hydrogen-bond donors (Lipinski definition) is 1. The second-order valence-corrected chi connectivity index (χ2v) is 6.58. The minimum Gasteiger partial charge on any atom is -0.497 e. The minimum absolute atomic E-state index is 0.0990. The number of methoxy groups -OCH3 is 1. The fraction of sp³-hybridized carbons (Fsp3) is 0.300. The molecule has 0 saturated heterocycles. The minimum atomic E-state index is -0.151. The van der Waals surface area contributed by atoms with Crippen LogP contribution in [0.15, 0.2) is 41.3 Å². The molecular formula is C20H21N5O3. The second kappa shape index (κ2) is 7.30. The Morgan fingerprint density at radius 1 is 1.25 bits per heavy atom. The molecule has 2 aromatic heterocycles. The molecule has 28 heavy (non-hydrogen) atoms. The summed E-state index contributed by atoms with van der Waals surface area (Å²) in [7, 11) is 1.60. The average molecular weight is 379 g/mol. The molecule has 1 aliphatic heterocycles. The van der Waals surface area contributed by atoms with Gasteiger partial charge in [0.25, 0.3) is 11.5 Å². The molecule has 0 unspecified atom stereocenters. The van der Waals surface area contributed by atoms with Gasteiger partial charge in [0.2, 0.25) is 0 Å². The monoisotopic (exact) mass is 379 g/mol. The number of nitrogens with zero attached hydrogens (tertiary/aromatic N) is 4. The van der Waals surface area contributed by atoms with Gasteiger partial charge in [0.05, 0.1) is 19.3 Å². The van der Waals surface area contributed by atoms with Gasteiger partial charge in [-0.1, -0.05) is 0 Å². The molecule has 1 aliphatic rings. The van der Waals surface area contributed by atoms with Crippen molar-refractivity contribution in [2.75, 3.05) is 13.7 Å². The number of carbonyl (C=O) groups is 1. The fourth-order valence-corrected chi connectivity index (χ4v) is 3.43. The number of aromatic nitrogens is 4. The Morgan fingerprint density at radius 2 is 2.04 bits per heavy atom. The summed E-state index contributed by atoms with van der Waals surface area (Å²) in [6.45, 7) is 3.35. The van der Waals surface area contributed by atoms with Crippen LogP contribution >= 0.6 is 0 Å². The van der Waals surface area contributed by atoms with Gasteiger partial charge in [0.15, 0.2) is 0 Å². The van der Waals surface area contributed by atoms with E-state index in [1.54, 1.807) is 29.0 Å². The van der Waals surface area contributed by atoms with Crippen molar-refractivity contribution in [3.05, 3.63) is 63.8 Å². The topological polar surface area (TPSA) is 93.1 Å². The third-order valence-electron chi connectivity index (χ3n) is 4.96. The zero-order chi connectivity index (χ0) is 19.7. The van der Waals surface area contributed by atoms with E-state index < -0.39 is 0 Å². The summed E-state index contributed by atoms with van der Waals surface area (Å²) in [5.74, 6) is 1.12. The van der Waals surface area contributed by atoms with E-state index in [0.717, 1.165) is 11.3 Å². The molecule has 0 radical (unpaired) electrons. The van der Waals surface area contributed by atoms with E-state index in [0.29, 0.717) is 48.8 Å². The second-order valence-electron chi connectivity index (χ2n) is 6.58. The molecule has 0 bridgehead atoms. The highest BCUT2D eigenvalue weighted by molar-refractivity contribution is 5.92. The third-order valence-corrected chi connectivity index (χ3v) is 4.96. The normalized spacial score (nSPS) is 13.3. The highest BCUT2D eigenvalue weighted by Crippen LogP contribution is 2.22. The summed E-state index contributed by atoms with van der Waals surface area (Å²) in [6.07, 6.45) is 2.10. The predicted molar refractivity (Wildman–Crippen MR) is 103 cm³/mol. The summed E-state index contributed by atoms with van der Waals surface area (Å²) in [6, 6.07) is 9.03. The van der Waals surface area contributed by atoms with Crippen LogP contribution in [0.3, 0.4) is 0 Å². The first-order chi connectivity index (χ1) is 13.6. The average Bonchev–Trinajstić information content (AvgIpc) is 3.21. The van der Waals surface area contributed by atoms with E-state index >= 15 is 0 Å². The quantitative estimate of drug-likeness (QED) is 0.747. The molecule has 1 aromatic carbocycles. The van der Waals surface area contributed by atoms with Gasteiger partial charge in [0.1, 0.15) is 17.3 Å². The van der Waals surface area contributed by atoms with Crippen molar-refractivity contribution in [3.8, 4) is 17.1 Å². The number of aromatic amines is 1.